The van der Waals surface area contributed by atoms with Crippen molar-refractivity contribution in [1.82, 2.24) is 0 Å². The van der Waals surface area contributed by atoms with E-state index in [2.05, 4.69) is 13.0 Å². The van der Waals surface area contributed by atoms with Crippen molar-refractivity contribution in [1.29, 1.82) is 0 Å². The second kappa shape index (κ2) is 2.90. The average Bonchev–Trinajstić information content (AvgIpc) is 1.97. The Hall–Kier alpha value is -0.460. The minimum absolute atomic E-state index is 0.877. The van der Waals surface area contributed by atoms with Gasteiger partial charge in [-0.25, -0.2) is 0 Å². The Morgan fingerprint density at radius 2 is 2.33 bits per heavy atom. The first-order chi connectivity index (χ1) is 4.29. The van der Waals surface area contributed by atoms with E-state index in [0.717, 1.165) is 18.0 Å². The molecule has 0 fully saturated rings. The molecule has 0 aromatic carbocycles. The summed E-state index contributed by atoms with van der Waals surface area (Å²) in [4.78, 5) is 0. The lowest BCUT2D eigenvalue weighted by Crippen LogP contribution is -1.96. The summed E-state index contributed by atoms with van der Waals surface area (Å²) in [7, 11) is 0. The van der Waals surface area contributed by atoms with Gasteiger partial charge in [0.15, 0.2) is 0 Å². The smallest absolute Gasteiger partial charge is 0.00400 e. The van der Waals surface area contributed by atoms with E-state index in [0.29, 0.717) is 0 Å². The van der Waals surface area contributed by atoms with Crippen molar-refractivity contribution >= 4 is 0 Å². The van der Waals surface area contributed by atoms with Crippen LogP contribution >= 0.6 is 0 Å². The van der Waals surface area contributed by atoms with Crippen molar-refractivity contribution in [2.24, 2.45) is 11.7 Å². The van der Waals surface area contributed by atoms with E-state index < -0.39 is 0 Å². The average molecular weight is 125 g/mol. The fourth-order valence-corrected chi connectivity index (χ4v) is 1.21. The Bertz CT molecular complexity index is 116. The molecule has 0 bridgehead atoms. The summed E-state index contributed by atoms with van der Waals surface area (Å²) in [5, 5.41) is 0. The third-order valence-corrected chi connectivity index (χ3v) is 1.99. The zero-order valence-electron chi connectivity index (χ0n) is 6.06. The summed E-state index contributed by atoms with van der Waals surface area (Å²) in [6, 6.07) is 0. The van der Waals surface area contributed by atoms with E-state index in [4.69, 9.17) is 5.73 Å². The molecule has 0 aromatic heterocycles. The number of allylic oxidation sites excluding steroid dienone is 2. The molecule has 0 saturated carbocycles. The van der Waals surface area contributed by atoms with Crippen LogP contribution in [0.15, 0.2) is 11.8 Å². The van der Waals surface area contributed by atoms with Gasteiger partial charge in [-0.05, 0) is 31.6 Å². The van der Waals surface area contributed by atoms with Crippen molar-refractivity contribution in [3.05, 3.63) is 11.8 Å². The normalized spacial score (nSPS) is 29.0. The summed E-state index contributed by atoms with van der Waals surface area (Å²) in [6.45, 7) is 2.30. The summed E-state index contributed by atoms with van der Waals surface area (Å²) in [5.74, 6) is 0.877. The molecule has 0 radical (unpaired) electrons. The molecule has 0 spiro atoms. The van der Waals surface area contributed by atoms with Crippen molar-refractivity contribution in [3.63, 3.8) is 0 Å². The van der Waals surface area contributed by atoms with Gasteiger partial charge in [0.25, 0.3) is 0 Å². The molecule has 1 nitrogen and oxygen atoms in total. The summed E-state index contributed by atoms with van der Waals surface area (Å²) >= 11 is 0. The molecular formula is C8H15N. The predicted molar refractivity (Wildman–Crippen MR) is 39.9 cm³/mol. The van der Waals surface area contributed by atoms with Gasteiger partial charge >= 0.3 is 0 Å². The van der Waals surface area contributed by atoms with E-state index in [1.54, 1.807) is 0 Å². The van der Waals surface area contributed by atoms with E-state index in [1.807, 2.05) is 0 Å². The molecule has 0 aliphatic heterocycles. The number of hydrogen-bond donors (Lipinski definition) is 1. The van der Waals surface area contributed by atoms with Crippen molar-refractivity contribution in [2.75, 3.05) is 0 Å². The summed E-state index contributed by atoms with van der Waals surface area (Å²) in [6.07, 6.45) is 7.07. The first-order valence-corrected chi connectivity index (χ1v) is 3.73. The Morgan fingerprint density at radius 3 is 3.11 bits per heavy atom. The molecule has 0 saturated heterocycles. The van der Waals surface area contributed by atoms with Crippen LogP contribution in [-0.4, -0.2) is 0 Å². The molecule has 0 amide bonds. The van der Waals surface area contributed by atoms with Gasteiger partial charge in [0.05, 0.1) is 0 Å². The SMILES string of the molecule is C[C@H]1CCC=C(N)CC1. The van der Waals surface area contributed by atoms with E-state index in [-0.39, 0.29) is 0 Å². The van der Waals surface area contributed by atoms with Crippen LogP contribution in [0.1, 0.15) is 32.6 Å². The largest absolute Gasteiger partial charge is 0.402 e. The second-order valence-electron chi connectivity index (χ2n) is 3.00. The van der Waals surface area contributed by atoms with Crippen LogP contribution in [0.25, 0.3) is 0 Å². The van der Waals surface area contributed by atoms with Crippen LogP contribution in [0.2, 0.25) is 0 Å². The fraction of sp³-hybridized carbons (Fsp3) is 0.750. The lowest BCUT2D eigenvalue weighted by molar-refractivity contribution is 0.510. The Morgan fingerprint density at radius 1 is 1.56 bits per heavy atom. The molecule has 0 heterocycles. The zero-order chi connectivity index (χ0) is 6.69. The van der Waals surface area contributed by atoms with Crippen molar-refractivity contribution in [2.45, 2.75) is 32.6 Å². The molecule has 1 heteroatoms. The van der Waals surface area contributed by atoms with Gasteiger partial charge in [0.2, 0.25) is 0 Å². The van der Waals surface area contributed by atoms with Gasteiger partial charge in [-0.2, -0.15) is 0 Å². The van der Waals surface area contributed by atoms with Crippen LogP contribution in [0.5, 0.6) is 0 Å². The van der Waals surface area contributed by atoms with Crippen LogP contribution in [0, 0.1) is 5.92 Å². The topological polar surface area (TPSA) is 26.0 Å². The highest BCUT2D eigenvalue weighted by Crippen LogP contribution is 2.19. The molecule has 1 aliphatic carbocycles. The molecular weight excluding hydrogens is 110 g/mol. The minimum Gasteiger partial charge on any atom is -0.402 e. The molecule has 1 rings (SSSR count). The zero-order valence-corrected chi connectivity index (χ0v) is 6.06. The van der Waals surface area contributed by atoms with E-state index in [9.17, 15) is 0 Å². The standard InChI is InChI=1S/C8H15N/c1-7-3-2-4-8(9)6-5-7/h4,7H,2-3,5-6,9H2,1H3/t7-/m0/s1. The maximum absolute atomic E-state index is 5.66. The van der Waals surface area contributed by atoms with E-state index in [1.165, 1.54) is 19.3 Å². The fourth-order valence-electron chi connectivity index (χ4n) is 1.21. The molecule has 1 aliphatic rings. The maximum Gasteiger partial charge on any atom is 0.00400 e. The number of rotatable bonds is 0. The van der Waals surface area contributed by atoms with Crippen LogP contribution in [0.3, 0.4) is 0 Å². The molecule has 0 unspecified atom stereocenters. The van der Waals surface area contributed by atoms with Gasteiger partial charge in [-0.15, -0.1) is 0 Å². The Balaban J connectivity index is 2.39. The third kappa shape index (κ3) is 2.08. The Labute approximate surface area is 56.9 Å². The molecule has 1 atom stereocenters. The van der Waals surface area contributed by atoms with Gasteiger partial charge in [0, 0.05) is 5.70 Å². The van der Waals surface area contributed by atoms with Crippen molar-refractivity contribution < 1.29 is 0 Å². The third-order valence-electron chi connectivity index (χ3n) is 1.99. The molecule has 52 valence electrons. The first-order valence-electron chi connectivity index (χ1n) is 3.73. The lowest BCUT2D eigenvalue weighted by Gasteiger charge is -2.03. The highest BCUT2D eigenvalue weighted by atomic mass is 14.6. The lowest BCUT2D eigenvalue weighted by atomic mass is 10.0. The predicted octanol–water partition coefficient (Wildman–Crippen LogP) is 2.04. The van der Waals surface area contributed by atoms with Gasteiger partial charge in [-0.3, -0.25) is 0 Å². The maximum atomic E-state index is 5.66. The highest BCUT2D eigenvalue weighted by Gasteiger charge is 2.05. The van der Waals surface area contributed by atoms with E-state index >= 15 is 0 Å². The second-order valence-corrected chi connectivity index (χ2v) is 3.00. The van der Waals surface area contributed by atoms with Gasteiger partial charge in [0.1, 0.15) is 0 Å². The van der Waals surface area contributed by atoms with Crippen LogP contribution in [-0.2, 0) is 0 Å². The summed E-state index contributed by atoms with van der Waals surface area (Å²) in [5.41, 5.74) is 6.75. The van der Waals surface area contributed by atoms with Gasteiger partial charge in [-0.1, -0.05) is 13.0 Å². The minimum atomic E-state index is 0.877. The quantitative estimate of drug-likeness (QED) is 0.526. The highest BCUT2D eigenvalue weighted by molar-refractivity contribution is 4.98. The van der Waals surface area contributed by atoms with Gasteiger partial charge < -0.3 is 5.73 Å². The molecule has 9 heavy (non-hydrogen) atoms. The molecule has 2 N–H and O–H groups in total. The number of nitrogens with two attached hydrogens (primary N) is 1. The van der Waals surface area contributed by atoms with Crippen LogP contribution < -0.4 is 5.73 Å². The monoisotopic (exact) mass is 125 g/mol. The first kappa shape index (κ1) is 6.66. The Kier molecular flexibility index (Phi) is 2.15. The van der Waals surface area contributed by atoms with Crippen LogP contribution in [0.4, 0.5) is 0 Å². The molecule has 0 aromatic rings. The summed E-state index contributed by atoms with van der Waals surface area (Å²) < 4.78 is 0. The number of hydrogen-bond acceptors (Lipinski definition) is 1. The van der Waals surface area contributed by atoms with Crippen molar-refractivity contribution in [3.8, 4) is 0 Å².